The molecule has 3 aromatic rings. The van der Waals surface area contributed by atoms with Crippen molar-refractivity contribution in [2.75, 3.05) is 29.7 Å². The number of nitrogens with one attached hydrogen (secondary N) is 2. The molecule has 1 heterocycles. The van der Waals surface area contributed by atoms with Crippen LogP contribution in [-0.4, -0.2) is 46.7 Å². The normalized spacial score (nSPS) is 15.0. The third kappa shape index (κ3) is 7.30. The van der Waals surface area contributed by atoms with E-state index >= 15 is 0 Å². The minimum Gasteiger partial charge on any atom is -0.494 e. The van der Waals surface area contributed by atoms with E-state index < -0.39 is 37.5 Å². The Hall–Kier alpha value is -3.19. The van der Waals surface area contributed by atoms with Crippen LogP contribution in [0.25, 0.3) is 0 Å². The average molecular weight is 610 g/mol. The first-order valence-corrected chi connectivity index (χ1v) is 16.0. The number of nitrogens with zero attached hydrogens (tertiary/aromatic N) is 1. The molecule has 1 aliphatic heterocycles. The van der Waals surface area contributed by atoms with Gasteiger partial charge in [0.15, 0.2) is 0 Å². The molecular weight excluding hydrogens is 581 g/mol. The third-order valence-corrected chi connectivity index (χ3v) is 10.0. The Morgan fingerprint density at radius 2 is 1.60 bits per heavy atom. The van der Waals surface area contributed by atoms with Crippen LogP contribution in [-0.2, 0) is 30.6 Å². The fraction of sp³-hybridized carbons (Fsp3) is 0.296. The lowest BCUT2D eigenvalue weighted by Gasteiger charge is -2.30. The first kappa shape index (κ1) is 29.8. The number of hydrogen-bond donors (Lipinski definition) is 2. The molecular formula is C27H29ClFN3O6S2. The fourth-order valence-electron chi connectivity index (χ4n) is 4.30. The zero-order valence-corrected chi connectivity index (χ0v) is 24.0. The minimum atomic E-state index is -3.85. The number of rotatable bonds is 10. The van der Waals surface area contributed by atoms with Crippen LogP contribution in [0.1, 0.15) is 25.3 Å². The van der Waals surface area contributed by atoms with Crippen LogP contribution in [0.2, 0.25) is 5.02 Å². The van der Waals surface area contributed by atoms with Crippen molar-refractivity contribution in [2.45, 2.75) is 30.4 Å². The number of benzene rings is 3. The molecule has 3 aromatic carbocycles. The number of sulfonamides is 2. The van der Waals surface area contributed by atoms with Gasteiger partial charge in [-0.3, -0.25) is 9.52 Å². The number of carbonyl (C=O) groups is 1. The summed E-state index contributed by atoms with van der Waals surface area (Å²) in [5.74, 6) is -1.34. The summed E-state index contributed by atoms with van der Waals surface area (Å²) in [5, 5.41) is 2.81. The van der Waals surface area contributed by atoms with Gasteiger partial charge < -0.3 is 10.1 Å². The lowest BCUT2D eigenvalue weighted by molar-refractivity contribution is -0.120. The van der Waals surface area contributed by atoms with Gasteiger partial charge in [-0.15, -0.1) is 0 Å². The summed E-state index contributed by atoms with van der Waals surface area (Å²) in [6.45, 7) is 2.58. The largest absolute Gasteiger partial charge is 0.494 e. The molecule has 0 unspecified atom stereocenters. The Kier molecular flexibility index (Phi) is 9.34. The lowest BCUT2D eigenvalue weighted by Crippen LogP contribution is -2.42. The van der Waals surface area contributed by atoms with Gasteiger partial charge in [-0.05, 0) is 80.4 Å². The van der Waals surface area contributed by atoms with Crippen molar-refractivity contribution in [3.63, 3.8) is 0 Å². The number of anilines is 2. The molecule has 0 bridgehead atoms. The Morgan fingerprint density at radius 3 is 2.20 bits per heavy atom. The van der Waals surface area contributed by atoms with Crippen molar-refractivity contribution in [1.82, 2.24) is 4.31 Å². The Bertz CT molecular complexity index is 1540. The summed E-state index contributed by atoms with van der Waals surface area (Å²) < 4.78 is 74.4. The topological polar surface area (TPSA) is 122 Å². The van der Waals surface area contributed by atoms with E-state index in [1.165, 1.54) is 40.7 Å². The zero-order chi connectivity index (χ0) is 28.9. The minimum absolute atomic E-state index is 0.0212. The van der Waals surface area contributed by atoms with E-state index in [9.17, 15) is 26.0 Å². The third-order valence-electron chi connectivity index (χ3n) is 6.46. The monoisotopic (exact) mass is 609 g/mol. The number of amides is 1. The maximum absolute atomic E-state index is 14.1. The quantitative estimate of drug-likeness (QED) is 0.339. The maximum Gasteiger partial charge on any atom is 0.261 e. The highest BCUT2D eigenvalue weighted by atomic mass is 35.5. The SMILES string of the molecule is CCOc1ccc(NS(=O)(=O)c2ccc(NC(=O)C3CCN(S(=O)(=O)Cc4c(F)cccc4Cl)CC3)cc2)cc1. The Balaban J connectivity index is 1.31. The molecule has 0 radical (unpaired) electrons. The summed E-state index contributed by atoms with van der Waals surface area (Å²) >= 11 is 5.99. The van der Waals surface area contributed by atoms with Crippen LogP contribution >= 0.6 is 11.6 Å². The van der Waals surface area contributed by atoms with Gasteiger partial charge in [-0.1, -0.05) is 17.7 Å². The predicted molar refractivity (Wildman–Crippen MR) is 152 cm³/mol. The molecule has 1 amide bonds. The zero-order valence-electron chi connectivity index (χ0n) is 21.6. The van der Waals surface area contributed by atoms with Crippen LogP contribution in [0.4, 0.5) is 15.8 Å². The van der Waals surface area contributed by atoms with Gasteiger partial charge in [-0.2, -0.15) is 0 Å². The summed E-state index contributed by atoms with van der Waals surface area (Å²) in [4.78, 5) is 12.8. The van der Waals surface area contributed by atoms with E-state index in [1.54, 1.807) is 24.3 Å². The fourth-order valence-corrected chi connectivity index (χ4v) is 7.28. The van der Waals surface area contributed by atoms with E-state index in [1.807, 2.05) is 6.92 Å². The molecule has 0 aromatic heterocycles. The molecule has 214 valence electrons. The highest BCUT2D eigenvalue weighted by Gasteiger charge is 2.32. The van der Waals surface area contributed by atoms with Crippen molar-refractivity contribution < 1.29 is 30.8 Å². The van der Waals surface area contributed by atoms with Gasteiger partial charge in [0.2, 0.25) is 15.9 Å². The summed E-state index contributed by atoms with van der Waals surface area (Å²) in [7, 11) is -7.68. The molecule has 0 saturated carbocycles. The van der Waals surface area contributed by atoms with Crippen LogP contribution in [0, 0.1) is 11.7 Å². The molecule has 0 spiro atoms. The van der Waals surface area contributed by atoms with E-state index in [4.69, 9.17) is 16.3 Å². The summed E-state index contributed by atoms with van der Waals surface area (Å²) in [6, 6.07) is 16.3. The Morgan fingerprint density at radius 1 is 0.975 bits per heavy atom. The number of halogens is 2. The maximum atomic E-state index is 14.1. The molecule has 9 nitrogen and oxygen atoms in total. The van der Waals surface area contributed by atoms with Crippen molar-refractivity contribution in [3.8, 4) is 5.75 Å². The van der Waals surface area contributed by atoms with Crippen molar-refractivity contribution in [1.29, 1.82) is 0 Å². The van der Waals surface area contributed by atoms with E-state index in [0.717, 1.165) is 6.07 Å². The molecule has 1 aliphatic rings. The van der Waals surface area contributed by atoms with Gasteiger partial charge in [-0.25, -0.2) is 25.5 Å². The van der Waals surface area contributed by atoms with E-state index in [-0.39, 0.29) is 47.3 Å². The van der Waals surface area contributed by atoms with Gasteiger partial charge in [0.25, 0.3) is 10.0 Å². The molecule has 1 saturated heterocycles. The lowest BCUT2D eigenvalue weighted by atomic mass is 9.97. The molecule has 0 atom stereocenters. The van der Waals surface area contributed by atoms with E-state index in [0.29, 0.717) is 23.7 Å². The highest BCUT2D eigenvalue weighted by molar-refractivity contribution is 7.92. The molecule has 13 heteroatoms. The number of carbonyl (C=O) groups excluding carboxylic acids is 1. The summed E-state index contributed by atoms with van der Waals surface area (Å²) in [5.41, 5.74) is 0.713. The van der Waals surface area contributed by atoms with Gasteiger partial charge >= 0.3 is 0 Å². The second kappa shape index (κ2) is 12.5. The van der Waals surface area contributed by atoms with E-state index in [2.05, 4.69) is 10.0 Å². The van der Waals surface area contributed by atoms with Gasteiger partial charge in [0.1, 0.15) is 11.6 Å². The molecule has 0 aliphatic carbocycles. The molecule has 4 rings (SSSR count). The van der Waals surface area contributed by atoms with Crippen molar-refractivity contribution in [2.24, 2.45) is 5.92 Å². The highest BCUT2D eigenvalue weighted by Crippen LogP contribution is 2.27. The number of ether oxygens (including phenoxy) is 1. The smallest absolute Gasteiger partial charge is 0.261 e. The molecule has 40 heavy (non-hydrogen) atoms. The summed E-state index contributed by atoms with van der Waals surface area (Å²) in [6.07, 6.45) is 0.572. The number of piperidine rings is 1. The molecule has 2 N–H and O–H groups in total. The van der Waals surface area contributed by atoms with Gasteiger partial charge in [0, 0.05) is 41.0 Å². The first-order valence-electron chi connectivity index (χ1n) is 12.6. The van der Waals surface area contributed by atoms with Crippen LogP contribution in [0.15, 0.2) is 71.6 Å². The van der Waals surface area contributed by atoms with Crippen molar-refractivity contribution in [3.05, 3.63) is 83.1 Å². The van der Waals surface area contributed by atoms with Crippen LogP contribution in [0.5, 0.6) is 5.75 Å². The average Bonchev–Trinajstić information content (AvgIpc) is 2.92. The van der Waals surface area contributed by atoms with Crippen molar-refractivity contribution >= 4 is 48.9 Å². The second-order valence-electron chi connectivity index (χ2n) is 9.21. The van der Waals surface area contributed by atoms with Crippen LogP contribution in [0.3, 0.4) is 0 Å². The van der Waals surface area contributed by atoms with Crippen LogP contribution < -0.4 is 14.8 Å². The Labute approximate surface area is 238 Å². The first-order chi connectivity index (χ1) is 19.0. The van der Waals surface area contributed by atoms with Gasteiger partial charge in [0.05, 0.1) is 17.3 Å². The number of hydrogen-bond acceptors (Lipinski definition) is 6. The molecule has 1 fully saturated rings. The predicted octanol–water partition coefficient (Wildman–Crippen LogP) is 4.86. The standard InChI is InChI=1S/C27H29ClFN3O6S2/c1-2-38-22-10-6-21(7-11-22)31-40(36,37)23-12-8-20(9-13-23)30-27(33)19-14-16-32(17-15-19)39(34,35)18-24-25(28)4-3-5-26(24)29/h3-13,19,31H,2,14-18H2,1H3,(H,30,33). The second-order valence-corrected chi connectivity index (χ2v) is 13.3.